The molecule has 0 spiro atoms. The van der Waals surface area contributed by atoms with E-state index in [1.165, 1.54) is 0 Å². The molecule has 0 radical (unpaired) electrons. The van der Waals surface area contributed by atoms with E-state index in [1.807, 2.05) is 53.4 Å². The van der Waals surface area contributed by atoms with E-state index in [2.05, 4.69) is 0 Å². The quantitative estimate of drug-likeness (QED) is 0.630. The van der Waals surface area contributed by atoms with Crippen molar-refractivity contribution in [2.75, 3.05) is 12.0 Å². The summed E-state index contributed by atoms with van der Waals surface area (Å²) in [6.45, 7) is 0.425. The van der Waals surface area contributed by atoms with Crippen molar-refractivity contribution in [3.05, 3.63) is 89.5 Å². The molecule has 0 bridgehead atoms. The van der Waals surface area contributed by atoms with Gasteiger partial charge in [0.25, 0.3) is 0 Å². The Bertz CT molecular complexity index is 1080. The fourth-order valence-electron chi connectivity index (χ4n) is 3.57. The van der Waals surface area contributed by atoms with Crippen LogP contribution in [0.3, 0.4) is 0 Å². The Kier molecular flexibility index (Phi) is 5.77. The minimum Gasteiger partial charge on any atom is -0.496 e. The van der Waals surface area contributed by atoms with Crippen LogP contribution in [-0.4, -0.2) is 29.3 Å². The highest BCUT2D eigenvalue weighted by atomic mass is 32.2. The van der Waals surface area contributed by atoms with E-state index in [1.54, 1.807) is 43.1 Å². The minimum atomic E-state index is -0.957. The molecule has 1 aliphatic rings. The van der Waals surface area contributed by atoms with Gasteiger partial charge in [-0.25, -0.2) is 4.79 Å². The van der Waals surface area contributed by atoms with Crippen molar-refractivity contribution in [3.8, 4) is 5.75 Å². The highest BCUT2D eigenvalue weighted by Gasteiger charge is 2.33. The van der Waals surface area contributed by atoms with Crippen LogP contribution in [0.4, 0.5) is 5.69 Å². The van der Waals surface area contributed by atoms with Gasteiger partial charge in [-0.2, -0.15) is 0 Å². The molecular formula is C24H21NO4S. The molecule has 6 heteroatoms. The third-order valence-corrected chi connectivity index (χ3v) is 6.36. The number of nitrogens with zero attached hydrogens (tertiary/aromatic N) is 1. The predicted octanol–water partition coefficient (Wildman–Crippen LogP) is 4.64. The van der Waals surface area contributed by atoms with Crippen LogP contribution in [0.1, 0.15) is 21.5 Å². The number of para-hydroxylation sites is 2. The molecule has 0 aromatic heterocycles. The van der Waals surface area contributed by atoms with Gasteiger partial charge in [0.1, 0.15) is 5.75 Å². The first kappa shape index (κ1) is 20.0. The lowest BCUT2D eigenvalue weighted by Crippen LogP contribution is -2.41. The van der Waals surface area contributed by atoms with Gasteiger partial charge in [0, 0.05) is 10.5 Å². The number of ether oxygens (including phenoxy) is 1. The largest absolute Gasteiger partial charge is 0.496 e. The molecule has 1 N–H and O–H groups in total. The van der Waals surface area contributed by atoms with Crippen LogP contribution < -0.4 is 9.64 Å². The standard InChI is InChI=1S/C24H21NO4S/c1-29-20-8-4-2-6-18(20)15-25-19-7-3-5-9-21(19)30-22(23(25)26)14-16-10-12-17(13-11-16)24(27)28/h2-13,22H,14-15H2,1H3,(H,27,28)/t22-/m1/s1. The van der Waals surface area contributed by atoms with Gasteiger partial charge in [0.05, 0.1) is 30.2 Å². The highest BCUT2D eigenvalue weighted by Crippen LogP contribution is 2.41. The molecule has 0 saturated carbocycles. The summed E-state index contributed by atoms with van der Waals surface area (Å²) in [5, 5.41) is 8.80. The van der Waals surface area contributed by atoms with E-state index in [0.29, 0.717) is 13.0 Å². The van der Waals surface area contributed by atoms with Crippen molar-refractivity contribution in [2.45, 2.75) is 23.1 Å². The molecule has 3 aromatic carbocycles. The number of carboxylic acids is 1. The topological polar surface area (TPSA) is 66.8 Å². The molecule has 1 atom stereocenters. The van der Waals surface area contributed by atoms with Crippen LogP contribution in [0.5, 0.6) is 5.75 Å². The average Bonchev–Trinajstić information content (AvgIpc) is 2.77. The molecule has 1 heterocycles. The maximum absolute atomic E-state index is 13.4. The predicted molar refractivity (Wildman–Crippen MR) is 117 cm³/mol. The van der Waals surface area contributed by atoms with E-state index in [0.717, 1.165) is 27.5 Å². The average molecular weight is 420 g/mol. The second-order valence-electron chi connectivity index (χ2n) is 7.02. The molecule has 0 saturated heterocycles. The van der Waals surface area contributed by atoms with E-state index in [9.17, 15) is 9.59 Å². The molecule has 3 aromatic rings. The molecule has 5 nitrogen and oxygen atoms in total. The zero-order chi connectivity index (χ0) is 21.1. The fraction of sp³-hybridized carbons (Fsp3) is 0.167. The lowest BCUT2D eigenvalue weighted by atomic mass is 10.1. The third-order valence-electron chi connectivity index (χ3n) is 5.11. The van der Waals surface area contributed by atoms with Gasteiger partial charge in [-0.1, -0.05) is 42.5 Å². The lowest BCUT2D eigenvalue weighted by molar-refractivity contribution is -0.118. The number of methoxy groups -OCH3 is 1. The number of hydrogen-bond donors (Lipinski definition) is 1. The Morgan fingerprint density at radius 3 is 2.47 bits per heavy atom. The normalized spacial score (nSPS) is 15.6. The number of benzene rings is 3. The summed E-state index contributed by atoms with van der Waals surface area (Å²) < 4.78 is 5.47. The van der Waals surface area contributed by atoms with Gasteiger partial charge in [-0.15, -0.1) is 11.8 Å². The van der Waals surface area contributed by atoms with Gasteiger partial charge >= 0.3 is 5.97 Å². The lowest BCUT2D eigenvalue weighted by Gasteiger charge is -2.34. The Morgan fingerprint density at radius 2 is 1.73 bits per heavy atom. The van der Waals surface area contributed by atoms with E-state index in [-0.39, 0.29) is 16.7 Å². The molecular weight excluding hydrogens is 398 g/mol. The van der Waals surface area contributed by atoms with E-state index >= 15 is 0 Å². The number of rotatable bonds is 6. The first-order valence-electron chi connectivity index (χ1n) is 9.58. The molecule has 4 rings (SSSR count). The number of carbonyl (C=O) groups is 2. The number of fused-ring (bicyclic) bond motifs is 1. The van der Waals surface area contributed by atoms with Gasteiger partial charge in [0.2, 0.25) is 5.91 Å². The molecule has 152 valence electrons. The molecule has 0 unspecified atom stereocenters. The number of carboxylic acid groups (broad SMARTS) is 1. The SMILES string of the molecule is COc1ccccc1CN1C(=O)[C@@H](Cc2ccc(C(=O)O)cc2)Sc2ccccc21. The zero-order valence-corrected chi connectivity index (χ0v) is 17.3. The summed E-state index contributed by atoms with van der Waals surface area (Å²) in [5.41, 5.74) is 3.02. The van der Waals surface area contributed by atoms with E-state index < -0.39 is 5.97 Å². The fourth-order valence-corrected chi connectivity index (χ4v) is 4.84. The summed E-state index contributed by atoms with van der Waals surface area (Å²) >= 11 is 1.56. The van der Waals surface area contributed by atoms with Crippen LogP contribution in [0, 0.1) is 0 Å². The van der Waals surface area contributed by atoms with Crippen LogP contribution in [0.25, 0.3) is 0 Å². The van der Waals surface area contributed by atoms with Crippen molar-refractivity contribution < 1.29 is 19.4 Å². The maximum atomic E-state index is 13.4. The molecule has 0 aliphatic carbocycles. The third kappa shape index (κ3) is 4.04. The highest BCUT2D eigenvalue weighted by molar-refractivity contribution is 8.01. The van der Waals surface area contributed by atoms with Crippen molar-refractivity contribution in [1.29, 1.82) is 0 Å². The van der Waals surface area contributed by atoms with Crippen molar-refractivity contribution in [3.63, 3.8) is 0 Å². The number of amides is 1. The van der Waals surface area contributed by atoms with Crippen molar-refractivity contribution in [2.24, 2.45) is 0 Å². The number of aromatic carboxylic acids is 1. The van der Waals surface area contributed by atoms with Gasteiger partial charge in [0.15, 0.2) is 0 Å². The number of hydrogen-bond acceptors (Lipinski definition) is 4. The van der Waals surface area contributed by atoms with Crippen LogP contribution in [-0.2, 0) is 17.8 Å². The Morgan fingerprint density at radius 1 is 1.03 bits per heavy atom. The number of thioether (sulfide) groups is 1. The Balaban J connectivity index is 1.63. The summed E-state index contributed by atoms with van der Waals surface area (Å²) in [6.07, 6.45) is 0.528. The minimum absolute atomic E-state index is 0.0342. The smallest absolute Gasteiger partial charge is 0.335 e. The van der Waals surface area contributed by atoms with E-state index in [4.69, 9.17) is 9.84 Å². The second-order valence-corrected chi connectivity index (χ2v) is 8.26. The van der Waals surface area contributed by atoms with Gasteiger partial charge < -0.3 is 14.7 Å². The molecule has 0 fully saturated rings. The summed E-state index contributed by atoms with van der Waals surface area (Å²) in [7, 11) is 1.63. The van der Waals surface area contributed by atoms with Crippen LogP contribution in [0.2, 0.25) is 0 Å². The van der Waals surface area contributed by atoms with Crippen LogP contribution >= 0.6 is 11.8 Å². The summed E-state index contributed by atoms with van der Waals surface area (Å²) in [6, 6.07) is 22.3. The first-order valence-corrected chi connectivity index (χ1v) is 10.5. The molecule has 1 aliphatic heterocycles. The monoisotopic (exact) mass is 419 g/mol. The molecule has 1 amide bonds. The van der Waals surface area contributed by atoms with Crippen molar-refractivity contribution in [1.82, 2.24) is 0 Å². The second kappa shape index (κ2) is 8.63. The van der Waals surface area contributed by atoms with Gasteiger partial charge in [-0.05, 0) is 42.3 Å². The van der Waals surface area contributed by atoms with Gasteiger partial charge in [-0.3, -0.25) is 4.79 Å². The first-order chi connectivity index (χ1) is 14.6. The molecule has 30 heavy (non-hydrogen) atoms. The number of anilines is 1. The summed E-state index contributed by atoms with van der Waals surface area (Å²) in [4.78, 5) is 27.4. The van der Waals surface area contributed by atoms with Crippen LogP contribution in [0.15, 0.2) is 77.7 Å². The summed E-state index contributed by atoms with van der Waals surface area (Å²) in [5.74, 6) is -0.171. The zero-order valence-electron chi connectivity index (χ0n) is 16.4. The Hall–Kier alpha value is -3.25. The Labute approximate surface area is 179 Å². The maximum Gasteiger partial charge on any atom is 0.335 e. The van der Waals surface area contributed by atoms with Crippen molar-refractivity contribution >= 4 is 29.3 Å². The number of carbonyl (C=O) groups excluding carboxylic acids is 1.